The number of nitrogens with one attached hydrogen (secondary N) is 2. The molecule has 0 rings (SSSR count). The van der Waals surface area contributed by atoms with E-state index in [0.717, 1.165) is 0 Å². The predicted molar refractivity (Wildman–Crippen MR) is 92.1 cm³/mol. The Hall–Kier alpha value is -1.65. The number of hydrogen-bond donors (Lipinski definition) is 3. The van der Waals surface area contributed by atoms with E-state index in [1.807, 2.05) is 0 Å². The van der Waals surface area contributed by atoms with Gasteiger partial charge in [-0.05, 0) is 12.2 Å². The van der Waals surface area contributed by atoms with Crippen molar-refractivity contribution in [2.45, 2.75) is 32.4 Å². The minimum Gasteiger partial charge on any atom is -0.468 e. The number of rotatable bonds is 13. The molecule has 0 fully saturated rings. The van der Waals surface area contributed by atoms with Crippen molar-refractivity contribution in [1.82, 2.24) is 10.6 Å². The normalized spacial score (nSPS) is 12.8. The van der Waals surface area contributed by atoms with Gasteiger partial charge in [-0.2, -0.15) is 11.8 Å². The van der Waals surface area contributed by atoms with Gasteiger partial charge in [0, 0.05) is 19.6 Å². The zero-order valence-corrected chi connectivity index (χ0v) is 15.5. The van der Waals surface area contributed by atoms with Crippen LogP contribution >= 0.6 is 11.8 Å². The number of carbonyl (C=O) groups is 4. The summed E-state index contributed by atoms with van der Waals surface area (Å²) < 4.78 is 9.30. The van der Waals surface area contributed by atoms with Crippen molar-refractivity contribution in [3.63, 3.8) is 0 Å². The Balaban J connectivity index is 4.34. The van der Waals surface area contributed by atoms with Gasteiger partial charge in [-0.25, -0.2) is 0 Å². The molecule has 0 saturated carbocycles. The van der Waals surface area contributed by atoms with Gasteiger partial charge in [-0.15, -0.1) is 0 Å². The van der Waals surface area contributed by atoms with Crippen LogP contribution in [0, 0.1) is 0 Å². The van der Waals surface area contributed by atoms with E-state index in [-0.39, 0.29) is 30.8 Å². The van der Waals surface area contributed by atoms with Crippen LogP contribution in [0.1, 0.15) is 20.3 Å². The largest absolute Gasteiger partial charge is 0.468 e. The molecule has 3 N–H and O–H groups in total. The second kappa shape index (κ2) is 13.6. The van der Waals surface area contributed by atoms with Gasteiger partial charge in [0.1, 0.15) is 12.6 Å². The summed E-state index contributed by atoms with van der Waals surface area (Å²) in [6, 6.07) is -1.70. The molecule has 0 bridgehead atoms. The number of methoxy groups -OCH3 is 1. The van der Waals surface area contributed by atoms with Crippen LogP contribution in [0.15, 0.2) is 0 Å². The van der Waals surface area contributed by atoms with Gasteiger partial charge >= 0.3 is 11.9 Å². The standard InChI is InChI=1S/C15H26N2O7S/c1-10(19)17-12(4-6-25-7-5-24-11(2)20)14(21)8-16-13(9-18)15(22)23-3/h12-13,16,18H,4-9H2,1-3H3,(H,17,19)/t12-,13-/m0/s1. The highest BCUT2D eigenvalue weighted by atomic mass is 32.2. The molecule has 1 amide bonds. The van der Waals surface area contributed by atoms with E-state index in [9.17, 15) is 19.2 Å². The van der Waals surface area contributed by atoms with Crippen molar-refractivity contribution in [2.75, 3.05) is 38.4 Å². The van der Waals surface area contributed by atoms with E-state index in [1.165, 1.54) is 32.7 Å². The minimum absolute atomic E-state index is 0.191. The van der Waals surface area contributed by atoms with E-state index in [2.05, 4.69) is 15.4 Å². The average molecular weight is 378 g/mol. The number of ether oxygens (including phenoxy) is 2. The van der Waals surface area contributed by atoms with Crippen molar-refractivity contribution in [1.29, 1.82) is 0 Å². The summed E-state index contributed by atoms with van der Waals surface area (Å²) in [7, 11) is 1.18. The number of hydrogen-bond acceptors (Lipinski definition) is 9. The molecule has 144 valence electrons. The highest BCUT2D eigenvalue weighted by Crippen LogP contribution is 2.06. The second-order valence-electron chi connectivity index (χ2n) is 5.10. The lowest BCUT2D eigenvalue weighted by molar-refractivity contribution is -0.144. The van der Waals surface area contributed by atoms with Crippen LogP contribution in [-0.2, 0) is 28.7 Å². The molecule has 0 aromatic carbocycles. The Morgan fingerprint density at radius 1 is 1.12 bits per heavy atom. The summed E-state index contributed by atoms with van der Waals surface area (Å²) in [5.41, 5.74) is 0. The molecule has 0 unspecified atom stereocenters. The highest BCUT2D eigenvalue weighted by Gasteiger charge is 2.23. The van der Waals surface area contributed by atoms with Crippen molar-refractivity contribution in [3.8, 4) is 0 Å². The number of ketones is 1. The van der Waals surface area contributed by atoms with E-state index in [1.54, 1.807) is 0 Å². The lowest BCUT2D eigenvalue weighted by atomic mass is 10.1. The molecule has 0 aliphatic heterocycles. The van der Waals surface area contributed by atoms with E-state index in [4.69, 9.17) is 9.84 Å². The Kier molecular flexibility index (Phi) is 12.7. The van der Waals surface area contributed by atoms with E-state index < -0.39 is 24.7 Å². The van der Waals surface area contributed by atoms with Crippen molar-refractivity contribution in [2.24, 2.45) is 0 Å². The number of amides is 1. The van der Waals surface area contributed by atoms with Gasteiger partial charge in [0.05, 0.1) is 26.3 Å². The van der Waals surface area contributed by atoms with Crippen molar-refractivity contribution in [3.05, 3.63) is 0 Å². The first-order valence-electron chi connectivity index (χ1n) is 7.74. The Morgan fingerprint density at radius 2 is 1.80 bits per heavy atom. The van der Waals surface area contributed by atoms with Crippen LogP contribution in [0.3, 0.4) is 0 Å². The summed E-state index contributed by atoms with van der Waals surface area (Å²) in [5.74, 6) is -0.492. The number of Topliss-reactive ketones (excluding diaryl/α,β-unsaturated/α-hetero) is 1. The molecule has 2 atom stereocenters. The van der Waals surface area contributed by atoms with Gasteiger partial charge < -0.3 is 19.9 Å². The molecular weight excluding hydrogens is 352 g/mol. The summed E-state index contributed by atoms with van der Waals surface area (Å²) in [5, 5.41) is 14.3. The van der Waals surface area contributed by atoms with Gasteiger partial charge in [0.15, 0.2) is 5.78 Å². The Bertz CT molecular complexity index is 459. The average Bonchev–Trinajstić information content (AvgIpc) is 2.56. The zero-order chi connectivity index (χ0) is 19.2. The molecular formula is C15H26N2O7S. The Labute approximate surface area is 151 Å². The third-order valence-electron chi connectivity index (χ3n) is 3.04. The maximum absolute atomic E-state index is 12.2. The maximum Gasteiger partial charge on any atom is 0.325 e. The molecule has 0 heterocycles. The second-order valence-corrected chi connectivity index (χ2v) is 6.32. The smallest absolute Gasteiger partial charge is 0.325 e. The Morgan fingerprint density at radius 3 is 2.32 bits per heavy atom. The minimum atomic E-state index is -0.995. The number of aliphatic hydroxyl groups is 1. The fourth-order valence-electron chi connectivity index (χ4n) is 1.82. The van der Waals surface area contributed by atoms with Gasteiger partial charge in [0.25, 0.3) is 0 Å². The predicted octanol–water partition coefficient (Wildman–Crippen LogP) is -1.13. The third kappa shape index (κ3) is 11.5. The summed E-state index contributed by atoms with van der Waals surface area (Å²) in [6.45, 7) is 2.24. The number of aliphatic hydroxyl groups excluding tert-OH is 1. The lowest BCUT2D eigenvalue weighted by Crippen LogP contribution is -2.48. The molecule has 0 aromatic heterocycles. The van der Waals surface area contributed by atoms with Crippen molar-refractivity contribution >= 4 is 35.4 Å². The summed E-state index contributed by atoms with van der Waals surface area (Å²) >= 11 is 1.49. The molecule has 0 aliphatic carbocycles. The number of esters is 2. The topological polar surface area (TPSA) is 131 Å². The summed E-state index contributed by atoms with van der Waals surface area (Å²) in [6.07, 6.45) is 0.396. The van der Waals surface area contributed by atoms with Crippen LogP contribution < -0.4 is 10.6 Å². The molecule has 25 heavy (non-hydrogen) atoms. The number of carbonyl (C=O) groups excluding carboxylic acids is 4. The van der Waals surface area contributed by atoms with Crippen LogP contribution in [0.4, 0.5) is 0 Å². The molecule has 0 aromatic rings. The van der Waals surface area contributed by atoms with E-state index >= 15 is 0 Å². The summed E-state index contributed by atoms with van der Waals surface area (Å²) in [4.78, 5) is 45.5. The lowest BCUT2D eigenvalue weighted by Gasteiger charge is -2.19. The molecule has 0 radical (unpaired) electrons. The first-order valence-corrected chi connectivity index (χ1v) is 8.90. The molecule has 0 saturated heterocycles. The monoisotopic (exact) mass is 378 g/mol. The van der Waals surface area contributed by atoms with Gasteiger partial charge in [0.2, 0.25) is 5.91 Å². The highest BCUT2D eigenvalue weighted by molar-refractivity contribution is 7.99. The quantitative estimate of drug-likeness (QED) is 0.269. The zero-order valence-electron chi connectivity index (χ0n) is 14.7. The van der Waals surface area contributed by atoms with Crippen LogP contribution in [0.5, 0.6) is 0 Å². The third-order valence-corrected chi connectivity index (χ3v) is 4.02. The number of thioether (sulfide) groups is 1. The van der Waals surface area contributed by atoms with Crippen LogP contribution in [0.25, 0.3) is 0 Å². The SMILES string of the molecule is COC(=O)[C@H](CO)NCC(=O)[C@H](CCSCCOC(C)=O)NC(C)=O. The van der Waals surface area contributed by atoms with Crippen LogP contribution in [-0.4, -0.2) is 79.2 Å². The first-order chi connectivity index (χ1) is 11.8. The molecule has 9 nitrogen and oxygen atoms in total. The van der Waals surface area contributed by atoms with Crippen LogP contribution in [0.2, 0.25) is 0 Å². The fourth-order valence-corrected chi connectivity index (χ4v) is 2.63. The maximum atomic E-state index is 12.2. The van der Waals surface area contributed by atoms with Gasteiger partial charge in [-0.3, -0.25) is 24.5 Å². The molecule has 10 heteroatoms. The molecule has 0 aliphatic rings. The molecule has 0 spiro atoms. The van der Waals surface area contributed by atoms with Crippen molar-refractivity contribution < 1.29 is 33.8 Å². The van der Waals surface area contributed by atoms with Gasteiger partial charge in [-0.1, -0.05) is 0 Å². The van der Waals surface area contributed by atoms with E-state index in [0.29, 0.717) is 17.9 Å². The first kappa shape index (κ1) is 23.4. The fraction of sp³-hybridized carbons (Fsp3) is 0.733.